The van der Waals surface area contributed by atoms with E-state index in [2.05, 4.69) is 30.7 Å². The Bertz CT molecular complexity index is 473. The van der Waals surface area contributed by atoms with Crippen molar-refractivity contribution in [3.63, 3.8) is 0 Å². The zero-order valence-electron chi connectivity index (χ0n) is 12.8. The third-order valence-corrected chi connectivity index (χ3v) is 5.02. The normalized spacial score (nSPS) is 34.1. The van der Waals surface area contributed by atoms with Crippen LogP contribution in [0.2, 0.25) is 0 Å². The molecule has 1 aromatic rings. The summed E-state index contributed by atoms with van der Waals surface area (Å²) in [5, 5.41) is 10.4. The summed E-state index contributed by atoms with van der Waals surface area (Å²) in [6.45, 7) is 9.07. The highest BCUT2D eigenvalue weighted by atomic mass is 16.3. The first-order chi connectivity index (χ1) is 9.37. The van der Waals surface area contributed by atoms with Crippen LogP contribution in [0.1, 0.15) is 51.7 Å². The highest BCUT2D eigenvalue weighted by Gasteiger charge is 2.49. The van der Waals surface area contributed by atoms with Gasteiger partial charge in [-0.3, -0.25) is 9.88 Å². The maximum Gasteiger partial charge on any atom is 0.0918 e. The molecule has 1 saturated carbocycles. The number of aliphatic hydroxyl groups excluding tert-OH is 1. The van der Waals surface area contributed by atoms with E-state index >= 15 is 0 Å². The second-order valence-electron chi connectivity index (χ2n) is 7.94. The van der Waals surface area contributed by atoms with E-state index in [9.17, 15) is 5.11 Å². The summed E-state index contributed by atoms with van der Waals surface area (Å²) in [6.07, 6.45) is 6.96. The third-order valence-electron chi connectivity index (χ3n) is 5.02. The van der Waals surface area contributed by atoms with Crippen molar-refractivity contribution in [1.29, 1.82) is 0 Å². The van der Waals surface area contributed by atoms with Gasteiger partial charge in [-0.05, 0) is 47.8 Å². The molecule has 3 rings (SSSR count). The van der Waals surface area contributed by atoms with Crippen molar-refractivity contribution in [2.45, 2.75) is 52.2 Å². The van der Waals surface area contributed by atoms with Crippen LogP contribution in [0, 0.1) is 10.8 Å². The smallest absolute Gasteiger partial charge is 0.0918 e. The minimum Gasteiger partial charge on any atom is -0.387 e. The Balaban J connectivity index is 1.70. The number of nitrogens with zero attached hydrogens (tertiary/aromatic N) is 2. The van der Waals surface area contributed by atoms with Crippen LogP contribution >= 0.6 is 0 Å². The van der Waals surface area contributed by atoms with Crippen LogP contribution in [-0.2, 0) is 0 Å². The van der Waals surface area contributed by atoms with Gasteiger partial charge in [-0.2, -0.15) is 0 Å². The number of hydrogen-bond donors (Lipinski definition) is 1. The summed E-state index contributed by atoms with van der Waals surface area (Å²) >= 11 is 0. The molecule has 1 aromatic heterocycles. The van der Waals surface area contributed by atoms with Gasteiger partial charge in [0.1, 0.15) is 0 Å². The number of fused-ring (bicyclic) bond motifs is 2. The van der Waals surface area contributed by atoms with Gasteiger partial charge in [-0.25, -0.2) is 0 Å². The van der Waals surface area contributed by atoms with E-state index in [1.54, 1.807) is 12.4 Å². The van der Waals surface area contributed by atoms with Crippen molar-refractivity contribution in [2.24, 2.45) is 10.8 Å². The van der Waals surface area contributed by atoms with Gasteiger partial charge in [0.05, 0.1) is 6.10 Å². The fraction of sp³-hybridized carbons (Fsp3) is 0.706. The molecule has 0 aromatic carbocycles. The molecular weight excluding hydrogens is 248 g/mol. The molecule has 1 N–H and O–H groups in total. The van der Waals surface area contributed by atoms with Crippen molar-refractivity contribution < 1.29 is 5.11 Å². The first-order valence-electron chi connectivity index (χ1n) is 7.69. The Morgan fingerprint density at radius 1 is 1.30 bits per heavy atom. The average molecular weight is 274 g/mol. The number of aromatic nitrogens is 1. The minimum absolute atomic E-state index is 0.399. The lowest BCUT2D eigenvalue weighted by Crippen LogP contribution is -2.36. The topological polar surface area (TPSA) is 36.4 Å². The molecule has 0 spiro atoms. The monoisotopic (exact) mass is 274 g/mol. The second-order valence-corrected chi connectivity index (χ2v) is 7.94. The minimum atomic E-state index is -0.399. The number of β-amino-alcohol motifs (C(OH)–C–C–N with tert-alkyl or cyclic N) is 1. The Morgan fingerprint density at radius 3 is 2.70 bits per heavy atom. The molecule has 3 heteroatoms. The summed E-state index contributed by atoms with van der Waals surface area (Å²) in [7, 11) is 0. The molecule has 110 valence electrons. The van der Waals surface area contributed by atoms with Crippen LogP contribution in [-0.4, -0.2) is 34.1 Å². The van der Waals surface area contributed by atoms with Gasteiger partial charge < -0.3 is 5.11 Å². The molecule has 1 aliphatic heterocycles. The first kappa shape index (κ1) is 14.0. The summed E-state index contributed by atoms with van der Waals surface area (Å²) in [5.74, 6) is 0. The van der Waals surface area contributed by atoms with E-state index in [1.165, 1.54) is 19.3 Å². The molecule has 2 fully saturated rings. The van der Waals surface area contributed by atoms with Gasteiger partial charge in [0.2, 0.25) is 0 Å². The Morgan fingerprint density at radius 2 is 2.00 bits per heavy atom. The van der Waals surface area contributed by atoms with E-state index < -0.39 is 6.10 Å². The third kappa shape index (κ3) is 2.75. The molecule has 20 heavy (non-hydrogen) atoms. The molecule has 2 aliphatic rings. The van der Waals surface area contributed by atoms with E-state index in [0.717, 1.165) is 18.7 Å². The molecule has 3 atom stereocenters. The number of likely N-dealkylation sites (tertiary alicyclic amines) is 1. The highest BCUT2D eigenvalue weighted by Crippen LogP contribution is 2.52. The van der Waals surface area contributed by atoms with E-state index in [-0.39, 0.29) is 0 Å². The zero-order chi connectivity index (χ0) is 14.4. The standard InChI is InChI=1S/C17H26N2O/c1-16(2)8-14-9-17(3,11-16)12-19(14)10-15(20)13-4-6-18-7-5-13/h4-7,14-15,20H,8-12H2,1-3H3. The van der Waals surface area contributed by atoms with Crippen molar-refractivity contribution >= 4 is 0 Å². The quantitative estimate of drug-likeness (QED) is 0.920. The van der Waals surface area contributed by atoms with Gasteiger partial charge in [0, 0.05) is 31.5 Å². The van der Waals surface area contributed by atoms with E-state index in [4.69, 9.17) is 0 Å². The summed E-state index contributed by atoms with van der Waals surface area (Å²) in [4.78, 5) is 6.53. The van der Waals surface area contributed by atoms with Crippen molar-refractivity contribution in [3.05, 3.63) is 30.1 Å². The van der Waals surface area contributed by atoms with Crippen molar-refractivity contribution in [2.75, 3.05) is 13.1 Å². The molecule has 3 unspecified atom stereocenters. The largest absolute Gasteiger partial charge is 0.387 e. The van der Waals surface area contributed by atoms with Crippen LogP contribution in [0.5, 0.6) is 0 Å². The molecule has 0 radical (unpaired) electrons. The maximum absolute atomic E-state index is 10.4. The molecule has 1 saturated heterocycles. The lowest BCUT2D eigenvalue weighted by molar-refractivity contribution is 0.0921. The predicted octanol–water partition coefficient (Wildman–Crippen LogP) is 3.02. The molecule has 2 bridgehead atoms. The van der Waals surface area contributed by atoms with Gasteiger partial charge in [0.25, 0.3) is 0 Å². The maximum atomic E-state index is 10.4. The van der Waals surface area contributed by atoms with Crippen LogP contribution in [0.25, 0.3) is 0 Å². The number of aliphatic hydroxyl groups is 1. The molecule has 3 nitrogen and oxygen atoms in total. The van der Waals surface area contributed by atoms with Crippen molar-refractivity contribution in [1.82, 2.24) is 9.88 Å². The lowest BCUT2D eigenvalue weighted by Gasteiger charge is -2.40. The fourth-order valence-electron chi connectivity index (χ4n) is 4.70. The summed E-state index contributed by atoms with van der Waals surface area (Å²) < 4.78 is 0. The summed E-state index contributed by atoms with van der Waals surface area (Å²) in [5.41, 5.74) is 1.85. The molecule has 2 heterocycles. The zero-order valence-corrected chi connectivity index (χ0v) is 12.8. The highest BCUT2D eigenvalue weighted by molar-refractivity contribution is 5.14. The fourth-order valence-corrected chi connectivity index (χ4v) is 4.70. The second kappa shape index (κ2) is 4.81. The van der Waals surface area contributed by atoms with Gasteiger partial charge in [0.15, 0.2) is 0 Å². The van der Waals surface area contributed by atoms with Crippen LogP contribution < -0.4 is 0 Å². The van der Waals surface area contributed by atoms with Gasteiger partial charge in [-0.1, -0.05) is 20.8 Å². The first-order valence-corrected chi connectivity index (χ1v) is 7.69. The molecular formula is C17H26N2O. The Hall–Kier alpha value is -0.930. The number of pyridine rings is 1. The van der Waals surface area contributed by atoms with Gasteiger partial charge in [-0.15, -0.1) is 0 Å². The van der Waals surface area contributed by atoms with Crippen LogP contribution in [0.4, 0.5) is 0 Å². The Kier molecular flexibility index (Phi) is 3.38. The lowest BCUT2D eigenvalue weighted by atomic mass is 9.65. The van der Waals surface area contributed by atoms with Crippen LogP contribution in [0.15, 0.2) is 24.5 Å². The average Bonchev–Trinajstić information content (AvgIpc) is 2.59. The number of hydrogen-bond acceptors (Lipinski definition) is 3. The molecule has 1 aliphatic carbocycles. The van der Waals surface area contributed by atoms with Gasteiger partial charge >= 0.3 is 0 Å². The molecule has 0 amide bonds. The Labute approximate surface area is 122 Å². The van der Waals surface area contributed by atoms with Crippen molar-refractivity contribution in [3.8, 4) is 0 Å². The van der Waals surface area contributed by atoms with E-state index in [0.29, 0.717) is 16.9 Å². The number of rotatable bonds is 3. The SMILES string of the molecule is CC1(C)CC2CC(C)(CN2CC(O)c2ccncc2)C1. The predicted molar refractivity (Wildman–Crippen MR) is 80.3 cm³/mol. The summed E-state index contributed by atoms with van der Waals surface area (Å²) in [6, 6.07) is 4.47. The van der Waals surface area contributed by atoms with E-state index in [1.807, 2.05) is 12.1 Å². The van der Waals surface area contributed by atoms with Crippen LogP contribution in [0.3, 0.4) is 0 Å².